The smallest absolute Gasteiger partial charge is 0.332 e. The number of carboxylic acid groups (broad SMARTS) is 1. The molecule has 0 rings (SSSR count). The van der Waals surface area contributed by atoms with Crippen molar-refractivity contribution in [1.82, 2.24) is 15.3 Å². The van der Waals surface area contributed by atoms with E-state index in [0.29, 0.717) is 0 Å². The number of carbonyl (C=O) groups excluding carboxylic acids is 1. The number of hydrogen-bond acceptors (Lipinski definition) is 3. The average Bonchev–Trinajstić information content (AvgIpc) is 1.95. The fraction of sp³-hybridized carbons (Fsp3) is 0.778. The zero-order valence-electron chi connectivity index (χ0n) is 9.87. The Hall–Kier alpha value is -1.30. The summed E-state index contributed by atoms with van der Waals surface area (Å²) in [6.07, 6.45) is 0. The predicted molar refractivity (Wildman–Crippen MR) is 56.3 cm³/mol. The van der Waals surface area contributed by atoms with E-state index in [0.717, 1.165) is 0 Å². The number of carboxylic acids is 1. The summed E-state index contributed by atoms with van der Waals surface area (Å²) in [7, 11) is 3.33. The molecule has 2 N–H and O–H groups in total. The third-order valence-electron chi connectivity index (χ3n) is 1.67. The highest BCUT2D eigenvalue weighted by Gasteiger charge is 2.28. The Bertz CT molecular complexity index is 245. The van der Waals surface area contributed by atoms with Crippen LogP contribution in [0.5, 0.6) is 0 Å². The minimum absolute atomic E-state index is 0.316. The van der Waals surface area contributed by atoms with E-state index in [1.807, 2.05) is 0 Å². The van der Waals surface area contributed by atoms with Gasteiger partial charge in [0.25, 0.3) is 0 Å². The van der Waals surface area contributed by atoms with Gasteiger partial charge in [0.15, 0.2) is 0 Å². The summed E-state index contributed by atoms with van der Waals surface area (Å²) in [6, 6.07) is -0.421. The average molecular weight is 217 g/mol. The topological polar surface area (TPSA) is 72.9 Å². The molecule has 0 heterocycles. The molecule has 0 saturated carbocycles. The van der Waals surface area contributed by atoms with Gasteiger partial charge in [-0.3, -0.25) is 10.2 Å². The normalized spacial score (nSPS) is 11.3. The summed E-state index contributed by atoms with van der Waals surface area (Å²) in [5.74, 6) is -1.03. The van der Waals surface area contributed by atoms with Crippen molar-refractivity contribution in [3.63, 3.8) is 0 Å². The van der Waals surface area contributed by atoms with E-state index in [9.17, 15) is 9.59 Å². The van der Waals surface area contributed by atoms with Crippen LogP contribution < -0.4 is 5.43 Å². The van der Waals surface area contributed by atoms with Crippen molar-refractivity contribution in [2.24, 2.45) is 0 Å². The number of aliphatic carboxylic acids is 1. The van der Waals surface area contributed by atoms with Crippen LogP contribution in [-0.4, -0.2) is 53.2 Å². The Labute approximate surface area is 89.8 Å². The summed E-state index contributed by atoms with van der Waals surface area (Å²) in [5, 5.41) is 10.2. The predicted octanol–water partition coefficient (Wildman–Crippen LogP) is 0.358. The third kappa shape index (κ3) is 5.21. The van der Waals surface area contributed by atoms with Crippen molar-refractivity contribution in [3.8, 4) is 0 Å². The molecule has 0 radical (unpaired) electrons. The van der Waals surface area contributed by atoms with Crippen LogP contribution in [0.25, 0.3) is 0 Å². The van der Waals surface area contributed by atoms with Crippen LogP contribution >= 0.6 is 0 Å². The van der Waals surface area contributed by atoms with Gasteiger partial charge in [0.1, 0.15) is 6.54 Å². The Balaban J connectivity index is 4.64. The van der Waals surface area contributed by atoms with Crippen LogP contribution in [-0.2, 0) is 4.79 Å². The first kappa shape index (κ1) is 13.7. The van der Waals surface area contributed by atoms with Gasteiger partial charge >= 0.3 is 12.0 Å². The monoisotopic (exact) mass is 217 g/mol. The van der Waals surface area contributed by atoms with Crippen LogP contribution in [0.3, 0.4) is 0 Å². The number of amides is 2. The van der Waals surface area contributed by atoms with Gasteiger partial charge in [-0.2, -0.15) is 0 Å². The van der Waals surface area contributed by atoms with Crippen molar-refractivity contribution < 1.29 is 14.7 Å². The second-order valence-corrected chi connectivity index (χ2v) is 4.46. The van der Waals surface area contributed by atoms with E-state index in [1.54, 1.807) is 34.9 Å². The maximum Gasteiger partial charge on any atom is 0.332 e. The molecule has 0 atom stereocenters. The van der Waals surface area contributed by atoms with Gasteiger partial charge in [-0.05, 0) is 20.8 Å². The van der Waals surface area contributed by atoms with E-state index in [1.165, 1.54) is 9.91 Å². The van der Waals surface area contributed by atoms with Gasteiger partial charge < -0.3 is 10.0 Å². The highest BCUT2D eigenvalue weighted by atomic mass is 16.4. The molecule has 0 spiro atoms. The fourth-order valence-electron chi connectivity index (χ4n) is 1.00. The molecule has 88 valence electrons. The SMILES string of the molecule is CN(C)NC(=O)N(CC(=O)O)C(C)(C)C. The fourth-order valence-corrected chi connectivity index (χ4v) is 1.00. The summed E-state index contributed by atoms with van der Waals surface area (Å²) >= 11 is 0. The molecule has 0 fully saturated rings. The molecule has 0 unspecified atom stereocenters. The molecular formula is C9H19N3O3. The summed E-state index contributed by atoms with van der Waals surface area (Å²) < 4.78 is 0. The second kappa shape index (κ2) is 4.97. The molecule has 0 aromatic heterocycles. The third-order valence-corrected chi connectivity index (χ3v) is 1.67. The van der Waals surface area contributed by atoms with Crippen LogP contribution in [0.4, 0.5) is 4.79 Å². The van der Waals surface area contributed by atoms with Gasteiger partial charge in [-0.1, -0.05) is 0 Å². The van der Waals surface area contributed by atoms with E-state index >= 15 is 0 Å². The zero-order chi connectivity index (χ0) is 12.2. The Kier molecular flexibility index (Phi) is 4.54. The maximum atomic E-state index is 11.6. The molecule has 15 heavy (non-hydrogen) atoms. The molecule has 6 nitrogen and oxygen atoms in total. The highest BCUT2D eigenvalue weighted by Crippen LogP contribution is 2.12. The van der Waals surface area contributed by atoms with Crippen molar-refractivity contribution >= 4 is 12.0 Å². The molecule has 0 saturated heterocycles. The van der Waals surface area contributed by atoms with Gasteiger partial charge in [-0.25, -0.2) is 9.80 Å². The van der Waals surface area contributed by atoms with Crippen molar-refractivity contribution in [2.45, 2.75) is 26.3 Å². The minimum Gasteiger partial charge on any atom is -0.480 e. The van der Waals surface area contributed by atoms with Gasteiger partial charge in [0, 0.05) is 19.6 Å². The first-order valence-corrected chi connectivity index (χ1v) is 4.62. The largest absolute Gasteiger partial charge is 0.480 e. The molecule has 0 aliphatic heterocycles. The number of carbonyl (C=O) groups is 2. The number of nitrogens with zero attached hydrogens (tertiary/aromatic N) is 2. The van der Waals surface area contributed by atoms with Crippen LogP contribution in [0.15, 0.2) is 0 Å². The van der Waals surface area contributed by atoms with Gasteiger partial charge in [-0.15, -0.1) is 0 Å². The van der Waals surface area contributed by atoms with Crippen LogP contribution in [0.2, 0.25) is 0 Å². The van der Waals surface area contributed by atoms with Gasteiger partial charge in [0.05, 0.1) is 0 Å². The first-order chi connectivity index (χ1) is 6.64. The Morgan fingerprint density at radius 3 is 2.00 bits per heavy atom. The van der Waals surface area contributed by atoms with Crippen molar-refractivity contribution in [1.29, 1.82) is 0 Å². The Morgan fingerprint density at radius 2 is 1.73 bits per heavy atom. The number of urea groups is 1. The van der Waals surface area contributed by atoms with E-state index in [-0.39, 0.29) is 6.54 Å². The van der Waals surface area contributed by atoms with E-state index < -0.39 is 17.5 Å². The van der Waals surface area contributed by atoms with Gasteiger partial charge in [0.2, 0.25) is 0 Å². The molecule has 0 aliphatic carbocycles. The quantitative estimate of drug-likeness (QED) is 0.669. The Morgan fingerprint density at radius 1 is 1.27 bits per heavy atom. The lowest BCUT2D eigenvalue weighted by Gasteiger charge is -2.35. The van der Waals surface area contributed by atoms with E-state index in [4.69, 9.17) is 5.11 Å². The standard InChI is InChI=1S/C9H19N3O3/c1-9(2,3)12(6-7(13)14)8(15)10-11(4)5/h6H2,1-5H3,(H,10,15)(H,13,14). The molecule has 0 aromatic rings. The molecule has 0 bridgehead atoms. The van der Waals surface area contributed by atoms with Crippen molar-refractivity contribution in [2.75, 3.05) is 20.6 Å². The molecular weight excluding hydrogens is 198 g/mol. The highest BCUT2D eigenvalue weighted by molar-refractivity contribution is 5.80. The number of hydrazine groups is 1. The second-order valence-electron chi connectivity index (χ2n) is 4.46. The summed E-state index contributed by atoms with van der Waals surface area (Å²) in [5.41, 5.74) is 1.98. The summed E-state index contributed by atoms with van der Waals surface area (Å²) in [4.78, 5) is 23.5. The lowest BCUT2D eigenvalue weighted by atomic mass is 10.1. The van der Waals surface area contributed by atoms with Crippen LogP contribution in [0.1, 0.15) is 20.8 Å². The molecule has 0 aromatic carbocycles. The number of nitrogens with one attached hydrogen (secondary N) is 1. The molecule has 2 amide bonds. The van der Waals surface area contributed by atoms with Crippen LogP contribution in [0, 0.1) is 0 Å². The summed E-state index contributed by atoms with van der Waals surface area (Å²) in [6.45, 7) is 5.03. The first-order valence-electron chi connectivity index (χ1n) is 4.62. The minimum atomic E-state index is -1.03. The maximum absolute atomic E-state index is 11.6. The molecule has 6 heteroatoms. The number of hydrogen-bond donors (Lipinski definition) is 2. The van der Waals surface area contributed by atoms with E-state index in [2.05, 4.69) is 5.43 Å². The zero-order valence-corrected chi connectivity index (χ0v) is 9.87. The van der Waals surface area contributed by atoms with Crippen molar-refractivity contribution in [3.05, 3.63) is 0 Å². The number of rotatable bonds is 3. The lowest BCUT2D eigenvalue weighted by Crippen LogP contribution is -2.55. The lowest BCUT2D eigenvalue weighted by molar-refractivity contribution is -0.138. The molecule has 0 aliphatic rings.